The molecule has 0 aliphatic heterocycles. The summed E-state index contributed by atoms with van der Waals surface area (Å²) in [6.45, 7) is 0.0663. The van der Waals surface area contributed by atoms with E-state index in [0.717, 1.165) is 12.1 Å². The van der Waals surface area contributed by atoms with Crippen LogP contribution in [0, 0.1) is 17.0 Å². The van der Waals surface area contributed by atoms with Crippen LogP contribution in [0.2, 0.25) is 5.02 Å². The highest BCUT2D eigenvalue weighted by molar-refractivity contribution is 6.30. The number of primary amides is 1. The Kier molecular flexibility index (Phi) is 3.85. The van der Waals surface area contributed by atoms with Crippen LogP contribution in [0.15, 0.2) is 30.5 Å². The van der Waals surface area contributed by atoms with Crippen molar-refractivity contribution in [3.05, 3.63) is 63.7 Å². The van der Waals surface area contributed by atoms with Gasteiger partial charge in [-0.1, -0.05) is 17.7 Å². The predicted molar refractivity (Wildman–Crippen MR) is 69.3 cm³/mol. The number of amides is 1. The molecular weight excluding hydrogens is 288 g/mol. The van der Waals surface area contributed by atoms with Crippen molar-refractivity contribution in [3.63, 3.8) is 0 Å². The van der Waals surface area contributed by atoms with Crippen molar-refractivity contribution in [2.45, 2.75) is 6.54 Å². The maximum absolute atomic E-state index is 13.1. The van der Waals surface area contributed by atoms with E-state index in [9.17, 15) is 13.6 Å². The second-order valence-corrected chi connectivity index (χ2v) is 4.60. The van der Waals surface area contributed by atoms with E-state index in [0.29, 0.717) is 5.56 Å². The number of pyridine rings is 1. The minimum atomic E-state index is -0.980. The Bertz CT molecular complexity index is 743. The molecule has 0 aliphatic carbocycles. The molecule has 20 heavy (non-hydrogen) atoms. The summed E-state index contributed by atoms with van der Waals surface area (Å²) in [6.07, 6.45) is 1.41. The molecule has 1 heterocycles. The standard InChI is InChI=1S/C13H10ClF2N3O/c14-8-4-9(13(18)20)12(17)19(6-8)5-7-1-2-10(15)11(16)3-7/h1-4,6,17H,5H2,(H2,18,20). The Morgan fingerprint density at radius 3 is 2.60 bits per heavy atom. The van der Waals surface area contributed by atoms with Crippen LogP contribution in [0.3, 0.4) is 0 Å². The molecule has 0 saturated carbocycles. The molecule has 0 saturated heterocycles. The van der Waals surface area contributed by atoms with Crippen molar-refractivity contribution < 1.29 is 13.6 Å². The third-order valence-corrected chi connectivity index (χ3v) is 2.91. The van der Waals surface area contributed by atoms with Crippen molar-refractivity contribution in [1.82, 2.24) is 4.57 Å². The lowest BCUT2D eigenvalue weighted by Crippen LogP contribution is -2.29. The number of benzene rings is 1. The Balaban J connectivity index is 2.45. The van der Waals surface area contributed by atoms with Gasteiger partial charge in [0.1, 0.15) is 5.49 Å². The predicted octanol–water partition coefficient (Wildman–Crippen LogP) is 2.05. The average Bonchev–Trinajstić information content (AvgIpc) is 2.37. The van der Waals surface area contributed by atoms with Gasteiger partial charge in [0.05, 0.1) is 10.6 Å². The van der Waals surface area contributed by atoms with Gasteiger partial charge >= 0.3 is 0 Å². The smallest absolute Gasteiger partial charge is 0.252 e. The lowest BCUT2D eigenvalue weighted by Gasteiger charge is -2.10. The minimum Gasteiger partial charge on any atom is -0.365 e. The number of hydrogen-bond donors (Lipinski definition) is 2. The van der Waals surface area contributed by atoms with E-state index in [1.807, 2.05) is 0 Å². The number of aromatic nitrogens is 1. The number of nitrogens with one attached hydrogen (secondary N) is 1. The van der Waals surface area contributed by atoms with Gasteiger partial charge in [0.25, 0.3) is 5.91 Å². The van der Waals surface area contributed by atoms with Crippen LogP contribution < -0.4 is 11.2 Å². The molecule has 0 bridgehead atoms. The molecule has 0 spiro atoms. The van der Waals surface area contributed by atoms with Crippen molar-refractivity contribution in [3.8, 4) is 0 Å². The Morgan fingerprint density at radius 1 is 1.30 bits per heavy atom. The SMILES string of the molecule is N=c1c(C(N)=O)cc(Cl)cn1Cc1ccc(F)c(F)c1. The third kappa shape index (κ3) is 2.85. The van der Waals surface area contributed by atoms with E-state index in [1.165, 1.54) is 22.9 Å². The highest BCUT2D eigenvalue weighted by Crippen LogP contribution is 2.12. The molecule has 1 aromatic heterocycles. The molecular formula is C13H10ClF2N3O. The molecule has 7 heteroatoms. The largest absolute Gasteiger partial charge is 0.365 e. The summed E-state index contributed by atoms with van der Waals surface area (Å²) in [6, 6.07) is 4.69. The van der Waals surface area contributed by atoms with E-state index < -0.39 is 17.5 Å². The molecule has 4 nitrogen and oxygen atoms in total. The van der Waals surface area contributed by atoms with Gasteiger partial charge in [-0.3, -0.25) is 10.2 Å². The first kappa shape index (κ1) is 14.2. The molecule has 1 aromatic carbocycles. The molecule has 0 radical (unpaired) electrons. The van der Waals surface area contributed by atoms with E-state index in [1.54, 1.807) is 0 Å². The number of carbonyl (C=O) groups is 1. The number of rotatable bonds is 3. The summed E-state index contributed by atoms with van der Waals surface area (Å²) in [5, 5.41) is 8.07. The van der Waals surface area contributed by atoms with E-state index in [2.05, 4.69) is 0 Å². The zero-order chi connectivity index (χ0) is 14.9. The van der Waals surface area contributed by atoms with E-state index in [4.69, 9.17) is 22.7 Å². The fourth-order valence-electron chi connectivity index (χ4n) is 1.76. The van der Waals surface area contributed by atoms with Crippen molar-refractivity contribution >= 4 is 17.5 Å². The quantitative estimate of drug-likeness (QED) is 0.894. The normalized spacial score (nSPS) is 10.6. The summed E-state index contributed by atoms with van der Waals surface area (Å²) in [7, 11) is 0. The van der Waals surface area contributed by atoms with Gasteiger partial charge in [0.2, 0.25) is 0 Å². The van der Waals surface area contributed by atoms with Crippen LogP contribution >= 0.6 is 11.6 Å². The zero-order valence-electron chi connectivity index (χ0n) is 10.2. The monoisotopic (exact) mass is 297 g/mol. The summed E-state index contributed by atoms with van der Waals surface area (Å²) >= 11 is 5.84. The summed E-state index contributed by atoms with van der Waals surface area (Å²) in [5.41, 5.74) is 5.39. The van der Waals surface area contributed by atoms with Crippen LogP contribution in [-0.4, -0.2) is 10.5 Å². The first-order chi connectivity index (χ1) is 9.38. The highest BCUT2D eigenvalue weighted by Gasteiger charge is 2.09. The van der Waals surface area contributed by atoms with Gasteiger partial charge in [0.15, 0.2) is 11.6 Å². The number of carbonyl (C=O) groups excluding carboxylic acids is 1. The van der Waals surface area contributed by atoms with Crippen molar-refractivity contribution in [2.24, 2.45) is 5.73 Å². The molecule has 3 N–H and O–H groups in total. The molecule has 2 aromatic rings. The third-order valence-electron chi connectivity index (χ3n) is 2.71. The maximum atomic E-state index is 13.1. The van der Waals surface area contributed by atoms with Gasteiger partial charge < -0.3 is 10.3 Å². The molecule has 0 fully saturated rings. The fourth-order valence-corrected chi connectivity index (χ4v) is 1.99. The number of nitrogens with zero attached hydrogens (tertiary/aromatic N) is 1. The molecule has 2 rings (SSSR count). The van der Waals surface area contributed by atoms with Crippen LogP contribution in [0.5, 0.6) is 0 Å². The van der Waals surface area contributed by atoms with Gasteiger partial charge in [-0.15, -0.1) is 0 Å². The van der Waals surface area contributed by atoms with E-state index in [-0.39, 0.29) is 22.6 Å². The van der Waals surface area contributed by atoms with Crippen molar-refractivity contribution in [1.29, 1.82) is 5.41 Å². The molecule has 0 unspecified atom stereocenters. The Labute approximate surface area is 117 Å². The summed E-state index contributed by atoms with van der Waals surface area (Å²) in [5.74, 6) is -2.71. The Hall–Kier alpha value is -2.21. The first-order valence-corrected chi connectivity index (χ1v) is 5.94. The van der Waals surface area contributed by atoms with Crippen LogP contribution in [0.4, 0.5) is 8.78 Å². The molecule has 0 aliphatic rings. The number of halogens is 3. The van der Waals surface area contributed by atoms with Gasteiger partial charge in [-0.25, -0.2) is 8.78 Å². The second kappa shape index (κ2) is 5.42. The van der Waals surface area contributed by atoms with E-state index >= 15 is 0 Å². The zero-order valence-corrected chi connectivity index (χ0v) is 10.9. The number of nitrogens with two attached hydrogens (primary N) is 1. The minimum absolute atomic E-state index is 0.0416. The maximum Gasteiger partial charge on any atom is 0.252 e. The second-order valence-electron chi connectivity index (χ2n) is 4.16. The topological polar surface area (TPSA) is 71.9 Å². The summed E-state index contributed by atoms with van der Waals surface area (Å²) < 4.78 is 27.3. The first-order valence-electron chi connectivity index (χ1n) is 5.57. The van der Waals surface area contributed by atoms with Crippen molar-refractivity contribution in [2.75, 3.05) is 0 Å². The van der Waals surface area contributed by atoms with Gasteiger partial charge in [-0.05, 0) is 23.8 Å². The number of hydrogen-bond acceptors (Lipinski definition) is 2. The lowest BCUT2D eigenvalue weighted by atomic mass is 10.2. The molecule has 104 valence electrons. The van der Waals surface area contributed by atoms with Crippen LogP contribution in [0.25, 0.3) is 0 Å². The highest BCUT2D eigenvalue weighted by atomic mass is 35.5. The fraction of sp³-hybridized carbons (Fsp3) is 0.0769. The Morgan fingerprint density at radius 2 is 2.00 bits per heavy atom. The lowest BCUT2D eigenvalue weighted by molar-refractivity contribution is 0.0998. The van der Waals surface area contributed by atoms with Gasteiger partial charge in [-0.2, -0.15) is 0 Å². The average molecular weight is 298 g/mol. The van der Waals surface area contributed by atoms with Gasteiger partial charge in [0, 0.05) is 12.7 Å². The van der Waals surface area contributed by atoms with Crippen LogP contribution in [-0.2, 0) is 6.54 Å². The molecule has 1 amide bonds. The van der Waals surface area contributed by atoms with Crippen LogP contribution in [0.1, 0.15) is 15.9 Å². The molecule has 0 atom stereocenters. The summed E-state index contributed by atoms with van der Waals surface area (Å²) in [4.78, 5) is 11.2.